The topological polar surface area (TPSA) is 144 Å². The first-order valence-corrected chi connectivity index (χ1v) is 9.98. The van der Waals surface area contributed by atoms with Crippen LogP contribution in [0.5, 0.6) is 0 Å². The molecule has 32 heavy (non-hydrogen) atoms. The van der Waals surface area contributed by atoms with Gasteiger partial charge in [-0.05, 0) is 31.0 Å². The van der Waals surface area contributed by atoms with Crippen molar-refractivity contribution in [1.29, 1.82) is 0 Å². The van der Waals surface area contributed by atoms with Crippen LogP contribution in [0, 0.1) is 18.7 Å². The van der Waals surface area contributed by atoms with E-state index in [2.05, 4.69) is 30.7 Å². The molecule has 2 aromatic heterocycles. The number of amides is 3. The van der Waals surface area contributed by atoms with Crippen LogP contribution in [0.4, 0.5) is 25.6 Å². The van der Waals surface area contributed by atoms with E-state index < -0.39 is 18.2 Å². The third kappa shape index (κ3) is 5.62. The quantitative estimate of drug-likeness (QED) is 0.388. The van der Waals surface area contributed by atoms with Crippen LogP contribution in [0.2, 0.25) is 0 Å². The van der Waals surface area contributed by atoms with Crippen molar-refractivity contribution in [3.63, 3.8) is 0 Å². The van der Waals surface area contributed by atoms with E-state index in [9.17, 15) is 14.0 Å². The molecular weight excluding hydrogens is 419 g/mol. The molecule has 0 aliphatic heterocycles. The molecular formula is C21H25FN6O4. The van der Waals surface area contributed by atoms with Crippen molar-refractivity contribution in [2.24, 2.45) is 11.7 Å². The van der Waals surface area contributed by atoms with E-state index in [1.54, 1.807) is 6.07 Å². The third-order valence-electron chi connectivity index (χ3n) is 4.71. The molecule has 2 heterocycles. The number of aryl methyl sites for hydroxylation is 1. The summed E-state index contributed by atoms with van der Waals surface area (Å²) in [6.07, 6.45) is 2.01. The second-order valence-corrected chi connectivity index (χ2v) is 7.44. The summed E-state index contributed by atoms with van der Waals surface area (Å²) >= 11 is 0. The number of furan rings is 1. The van der Waals surface area contributed by atoms with Gasteiger partial charge >= 0.3 is 12.1 Å². The summed E-state index contributed by atoms with van der Waals surface area (Å²) in [5.41, 5.74) is 6.59. The lowest BCUT2D eigenvalue weighted by Gasteiger charge is -2.21. The van der Waals surface area contributed by atoms with Crippen molar-refractivity contribution < 1.29 is 23.1 Å². The number of ether oxygens (including phenoxy) is 1. The fraction of sp³-hybridized carbons (Fsp3) is 0.333. The van der Waals surface area contributed by atoms with Crippen LogP contribution in [0.15, 0.2) is 35.0 Å². The Hall–Kier alpha value is -3.89. The second-order valence-electron chi connectivity index (χ2n) is 7.44. The number of fused-ring (bicyclic) bond motifs is 1. The number of aromatic nitrogens is 2. The van der Waals surface area contributed by atoms with Crippen LogP contribution in [0.25, 0.3) is 11.0 Å². The molecule has 0 saturated carbocycles. The smallest absolute Gasteiger partial charge is 0.404 e. The number of halogens is 1. The molecule has 0 radical (unpaired) electrons. The Morgan fingerprint density at radius 3 is 2.62 bits per heavy atom. The van der Waals surface area contributed by atoms with E-state index in [0.29, 0.717) is 28.4 Å². The van der Waals surface area contributed by atoms with E-state index in [0.717, 1.165) is 5.56 Å². The summed E-state index contributed by atoms with van der Waals surface area (Å²) in [7, 11) is 0. The molecule has 10 nitrogen and oxygen atoms in total. The monoisotopic (exact) mass is 444 g/mol. The molecule has 11 heteroatoms. The van der Waals surface area contributed by atoms with E-state index >= 15 is 0 Å². The Morgan fingerprint density at radius 1 is 1.25 bits per heavy atom. The van der Waals surface area contributed by atoms with Gasteiger partial charge in [0.2, 0.25) is 5.95 Å². The first kappa shape index (κ1) is 22.8. The van der Waals surface area contributed by atoms with Gasteiger partial charge in [0.05, 0.1) is 30.7 Å². The minimum absolute atomic E-state index is 0.00954. The fourth-order valence-corrected chi connectivity index (χ4v) is 3.15. The molecule has 0 saturated heterocycles. The molecule has 0 spiro atoms. The maximum absolute atomic E-state index is 13.6. The zero-order valence-electron chi connectivity index (χ0n) is 17.9. The number of nitrogens with zero attached hydrogens (tertiary/aromatic N) is 2. The molecule has 3 rings (SSSR count). The first-order valence-electron chi connectivity index (χ1n) is 9.98. The number of hydrogen-bond donors (Lipinski definition) is 4. The minimum atomic E-state index is -0.858. The summed E-state index contributed by atoms with van der Waals surface area (Å²) in [5, 5.41) is 9.10. The Balaban J connectivity index is 1.63. The summed E-state index contributed by atoms with van der Waals surface area (Å²) in [6.45, 7) is 6.09. The van der Waals surface area contributed by atoms with Crippen molar-refractivity contribution in [2.45, 2.75) is 26.8 Å². The van der Waals surface area contributed by atoms with Crippen molar-refractivity contribution in [3.05, 3.63) is 47.7 Å². The summed E-state index contributed by atoms with van der Waals surface area (Å²) in [5.74, 6) is 0.535. The largest absolute Gasteiger partial charge is 0.459 e. The highest BCUT2D eigenvalue weighted by atomic mass is 19.1. The zero-order valence-corrected chi connectivity index (χ0v) is 17.9. The molecule has 0 fully saturated rings. The Kier molecular flexibility index (Phi) is 7.08. The summed E-state index contributed by atoms with van der Waals surface area (Å²) < 4.78 is 24.1. The van der Waals surface area contributed by atoms with Gasteiger partial charge in [0.15, 0.2) is 0 Å². The van der Waals surface area contributed by atoms with Crippen LogP contribution in [-0.2, 0) is 4.74 Å². The van der Waals surface area contributed by atoms with Gasteiger partial charge in [-0.3, -0.25) is 0 Å². The van der Waals surface area contributed by atoms with Crippen LogP contribution >= 0.6 is 0 Å². The Bertz CT molecular complexity index is 1100. The molecule has 1 unspecified atom stereocenters. The molecule has 3 amide bonds. The SMILES string of the molecule is Cc1c(C(NC(=O)Nc2cnc(NCCOC(N)=O)nc2)C(C)C)oc2ccc(F)cc12. The maximum Gasteiger partial charge on any atom is 0.404 e. The van der Waals surface area contributed by atoms with Gasteiger partial charge in [0.25, 0.3) is 0 Å². The van der Waals surface area contributed by atoms with Gasteiger partial charge in [-0.1, -0.05) is 13.8 Å². The zero-order chi connectivity index (χ0) is 23.3. The predicted octanol–water partition coefficient (Wildman–Crippen LogP) is 3.70. The number of anilines is 2. The lowest BCUT2D eigenvalue weighted by atomic mass is 9.98. The lowest BCUT2D eigenvalue weighted by molar-refractivity contribution is 0.161. The molecule has 5 N–H and O–H groups in total. The highest BCUT2D eigenvalue weighted by Crippen LogP contribution is 2.33. The Labute approximate surface area is 183 Å². The molecule has 1 atom stereocenters. The lowest BCUT2D eigenvalue weighted by Crippen LogP contribution is -2.35. The number of primary amides is 1. The number of carbonyl (C=O) groups excluding carboxylic acids is 2. The molecule has 1 aromatic carbocycles. The average molecular weight is 444 g/mol. The van der Waals surface area contributed by atoms with Crippen LogP contribution in [0.1, 0.15) is 31.2 Å². The summed E-state index contributed by atoms with van der Waals surface area (Å²) in [6, 6.07) is 3.43. The minimum Gasteiger partial charge on any atom is -0.459 e. The Morgan fingerprint density at radius 2 is 1.97 bits per heavy atom. The number of nitrogens with one attached hydrogen (secondary N) is 3. The first-order chi connectivity index (χ1) is 15.2. The molecule has 170 valence electrons. The third-order valence-corrected chi connectivity index (χ3v) is 4.71. The number of benzene rings is 1. The van der Waals surface area contributed by atoms with Crippen LogP contribution in [-0.4, -0.2) is 35.2 Å². The van der Waals surface area contributed by atoms with Crippen molar-refractivity contribution in [2.75, 3.05) is 23.8 Å². The predicted molar refractivity (Wildman–Crippen MR) is 117 cm³/mol. The second kappa shape index (κ2) is 9.94. The molecule has 3 aromatic rings. The van der Waals surface area contributed by atoms with Crippen LogP contribution in [0.3, 0.4) is 0 Å². The fourth-order valence-electron chi connectivity index (χ4n) is 3.15. The summed E-state index contributed by atoms with van der Waals surface area (Å²) in [4.78, 5) is 31.3. The number of rotatable bonds is 8. The molecule has 0 bridgehead atoms. The van der Waals surface area contributed by atoms with Gasteiger partial charge in [-0.25, -0.2) is 23.9 Å². The number of nitrogens with two attached hydrogens (primary N) is 1. The standard InChI is InChI=1S/C21H25FN6O4/c1-11(2)17(18-12(3)15-8-13(22)4-5-16(15)32-18)28-21(30)27-14-9-25-20(26-10-14)24-6-7-31-19(23)29/h4-5,8-11,17H,6-7H2,1-3H3,(H2,23,29)(H,24,25,26)(H2,27,28,30). The van der Waals surface area contributed by atoms with Gasteiger partial charge in [0.1, 0.15) is 23.8 Å². The van der Waals surface area contributed by atoms with E-state index in [1.807, 2.05) is 20.8 Å². The maximum atomic E-state index is 13.6. The normalized spacial score (nSPS) is 11.9. The van der Waals surface area contributed by atoms with Gasteiger partial charge in [-0.15, -0.1) is 0 Å². The highest BCUT2D eigenvalue weighted by Gasteiger charge is 2.25. The number of carbonyl (C=O) groups is 2. The molecule has 0 aliphatic rings. The van der Waals surface area contributed by atoms with E-state index in [-0.39, 0.29) is 24.9 Å². The van der Waals surface area contributed by atoms with Crippen molar-refractivity contribution in [1.82, 2.24) is 15.3 Å². The van der Waals surface area contributed by atoms with Gasteiger partial charge < -0.3 is 30.8 Å². The molecule has 0 aliphatic carbocycles. The van der Waals surface area contributed by atoms with Gasteiger partial charge in [-0.2, -0.15) is 0 Å². The van der Waals surface area contributed by atoms with Crippen molar-refractivity contribution in [3.8, 4) is 0 Å². The number of urea groups is 1. The highest BCUT2D eigenvalue weighted by molar-refractivity contribution is 5.89. The van der Waals surface area contributed by atoms with Crippen LogP contribution < -0.4 is 21.7 Å². The van der Waals surface area contributed by atoms with Crippen molar-refractivity contribution >= 4 is 34.7 Å². The average Bonchev–Trinajstić information content (AvgIpc) is 3.06. The van der Waals surface area contributed by atoms with E-state index in [4.69, 9.17) is 10.2 Å². The number of hydrogen-bond acceptors (Lipinski definition) is 7. The van der Waals surface area contributed by atoms with E-state index in [1.165, 1.54) is 24.5 Å². The van der Waals surface area contributed by atoms with Gasteiger partial charge in [0, 0.05) is 10.9 Å².